The van der Waals surface area contributed by atoms with Gasteiger partial charge >= 0.3 is 0 Å². The summed E-state index contributed by atoms with van der Waals surface area (Å²) in [6.45, 7) is 3.80. The number of fused-ring (bicyclic) bond motifs is 3. The number of nitriles is 1. The Hall–Kier alpha value is -2.82. The Morgan fingerprint density at radius 2 is 2.13 bits per heavy atom. The number of nitrogens with one attached hydrogen (secondary N) is 1. The van der Waals surface area contributed by atoms with E-state index in [-0.39, 0.29) is 23.1 Å². The summed E-state index contributed by atoms with van der Waals surface area (Å²) >= 11 is 7.96. The quantitative estimate of drug-likeness (QED) is 0.522. The van der Waals surface area contributed by atoms with E-state index in [1.54, 1.807) is 29.5 Å². The van der Waals surface area contributed by atoms with Crippen LogP contribution in [-0.2, 0) is 12.8 Å². The van der Waals surface area contributed by atoms with Crippen molar-refractivity contribution in [3.8, 4) is 17.6 Å². The maximum atomic E-state index is 12.8. The topological polar surface area (TPSA) is 88.0 Å². The minimum absolute atomic E-state index is 0.0694. The number of hydrogen-bond donors (Lipinski definition) is 1. The Morgan fingerprint density at radius 1 is 1.35 bits per heavy atom. The van der Waals surface area contributed by atoms with E-state index in [0.29, 0.717) is 32.3 Å². The number of thiophene rings is 1. The number of allylic oxidation sites excluding steroid dienone is 1. The maximum absolute atomic E-state index is 12.8. The lowest BCUT2D eigenvalue weighted by Crippen LogP contribution is -2.12. The van der Waals surface area contributed by atoms with Crippen LogP contribution in [0.1, 0.15) is 48.5 Å². The van der Waals surface area contributed by atoms with Crippen LogP contribution in [0.25, 0.3) is 21.9 Å². The number of methoxy groups -OCH3 is 1. The van der Waals surface area contributed by atoms with Crippen molar-refractivity contribution in [1.29, 1.82) is 5.26 Å². The van der Waals surface area contributed by atoms with Crippen LogP contribution in [0.2, 0.25) is 5.02 Å². The van der Waals surface area contributed by atoms with Crippen LogP contribution in [-0.4, -0.2) is 23.2 Å². The minimum atomic E-state index is -0.197. The molecule has 0 saturated carbocycles. The number of hydrogen-bond acceptors (Lipinski definition) is 6. The molecule has 4 rings (SSSR count). The Bertz CT molecular complexity index is 1280. The minimum Gasteiger partial charge on any atom is -0.493 e. The summed E-state index contributed by atoms with van der Waals surface area (Å²) in [7, 11) is 1.53. The van der Waals surface area contributed by atoms with Crippen molar-refractivity contribution >= 4 is 44.8 Å². The van der Waals surface area contributed by atoms with Crippen molar-refractivity contribution < 1.29 is 9.47 Å². The average Bonchev–Trinajstić information content (AvgIpc) is 3.12. The number of nitrogens with zero attached hydrogens (tertiary/aromatic N) is 2. The van der Waals surface area contributed by atoms with Crippen molar-refractivity contribution in [3.63, 3.8) is 0 Å². The van der Waals surface area contributed by atoms with Gasteiger partial charge in [0.25, 0.3) is 5.56 Å². The van der Waals surface area contributed by atoms with Gasteiger partial charge in [-0.25, -0.2) is 4.98 Å². The van der Waals surface area contributed by atoms with Gasteiger partial charge in [-0.2, -0.15) is 5.26 Å². The largest absolute Gasteiger partial charge is 0.493 e. The predicted molar refractivity (Wildman–Crippen MR) is 124 cm³/mol. The first kappa shape index (κ1) is 21.4. The monoisotopic (exact) mass is 455 g/mol. The lowest BCUT2D eigenvalue weighted by Gasteiger charge is -2.15. The van der Waals surface area contributed by atoms with Crippen LogP contribution in [0.3, 0.4) is 0 Å². The Labute approximate surface area is 189 Å². The van der Waals surface area contributed by atoms with Gasteiger partial charge in [-0.05, 0) is 68.9 Å². The van der Waals surface area contributed by atoms with Crippen molar-refractivity contribution in [1.82, 2.24) is 9.97 Å². The van der Waals surface area contributed by atoms with Crippen LogP contribution in [0.15, 0.2) is 16.9 Å². The third kappa shape index (κ3) is 4.18. The van der Waals surface area contributed by atoms with Crippen LogP contribution < -0.4 is 15.0 Å². The number of H-pyrrole nitrogens is 1. The van der Waals surface area contributed by atoms with Gasteiger partial charge in [0.2, 0.25) is 0 Å². The molecule has 0 amide bonds. The molecule has 31 heavy (non-hydrogen) atoms. The van der Waals surface area contributed by atoms with E-state index in [2.05, 4.69) is 16.0 Å². The standard InChI is InChI=1S/C23H22ClN3O3S/c1-12(2)30-20-16(24)9-13(10-17(20)29-3)8-14(11-25)21-26-22(28)19-15-6-4-5-7-18(15)31-23(19)27-21/h8-10,12H,4-7H2,1-3H3,(H,26,27,28)/b14-8+. The predicted octanol–water partition coefficient (Wildman–Crippen LogP) is 5.38. The Balaban J connectivity index is 1.79. The smallest absolute Gasteiger partial charge is 0.260 e. The fraction of sp³-hybridized carbons (Fsp3) is 0.348. The summed E-state index contributed by atoms with van der Waals surface area (Å²) in [5.74, 6) is 1.16. The molecule has 8 heteroatoms. The molecule has 0 aliphatic heterocycles. The van der Waals surface area contributed by atoms with Gasteiger partial charge in [-0.3, -0.25) is 4.79 Å². The summed E-state index contributed by atoms with van der Waals surface area (Å²) in [4.78, 5) is 22.2. The molecule has 1 N–H and O–H groups in total. The molecule has 1 aromatic carbocycles. The Morgan fingerprint density at radius 3 is 2.84 bits per heavy atom. The van der Waals surface area contributed by atoms with E-state index in [4.69, 9.17) is 21.1 Å². The highest BCUT2D eigenvalue weighted by Crippen LogP contribution is 2.38. The van der Waals surface area contributed by atoms with Crippen molar-refractivity contribution in [2.75, 3.05) is 7.11 Å². The van der Waals surface area contributed by atoms with E-state index in [1.807, 2.05) is 13.8 Å². The van der Waals surface area contributed by atoms with Gasteiger partial charge in [0.05, 0.1) is 29.2 Å². The van der Waals surface area contributed by atoms with E-state index < -0.39 is 0 Å². The molecule has 2 aromatic heterocycles. The highest BCUT2D eigenvalue weighted by molar-refractivity contribution is 7.18. The average molecular weight is 456 g/mol. The first-order valence-electron chi connectivity index (χ1n) is 10.1. The number of benzene rings is 1. The van der Waals surface area contributed by atoms with Crippen molar-refractivity contribution in [2.24, 2.45) is 0 Å². The summed E-state index contributed by atoms with van der Waals surface area (Å²) < 4.78 is 11.2. The second-order valence-corrected chi connectivity index (χ2v) is 9.17. The Kier molecular flexibility index (Phi) is 6.03. The summed E-state index contributed by atoms with van der Waals surface area (Å²) in [5, 5.41) is 10.8. The molecule has 6 nitrogen and oxygen atoms in total. The maximum Gasteiger partial charge on any atom is 0.260 e. The fourth-order valence-electron chi connectivity index (χ4n) is 3.78. The SMILES string of the molecule is COc1cc(/C=C(\C#N)c2nc3sc4c(c3c(=O)[nH]2)CCCC4)cc(Cl)c1OC(C)C. The highest BCUT2D eigenvalue weighted by atomic mass is 35.5. The highest BCUT2D eigenvalue weighted by Gasteiger charge is 2.21. The van der Waals surface area contributed by atoms with Gasteiger partial charge in [0.15, 0.2) is 17.3 Å². The number of aryl methyl sites for hydroxylation is 2. The molecule has 2 heterocycles. The van der Waals surface area contributed by atoms with Gasteiger partial charge in [0.1, 0.15) is 10.9 Å². The van der Waals surface area contributed by atoms with Gasteiger partial charge in [-0.1, -0.05) is 11.6 Å². The van der Waals surface area contributed by atoms with Crippen molar-refractivity contribution in [2.45, 2.75) is 45.6 Å². The second-order valence-electron chi connectivity index (χ2n) is 7.68. The fourth-order valence-corrected chi connectivity index (χ4v) is 5.31. The van der Waals surface area contributed by atoms with Crippen LogP contribution in [0.5, 0.6) is 11.5 Å². The van der Waals surface area contributed by atoms with Gasteiger partial charge in [0, 0.05) is 4.88 Å². The molecule has 3 aromatic rings. The molecule has 1 aliphatic rings. The zero-order valence-electron chi connectivity index (χ0n) is 17.5. The zero-order chi connectivity index (χ0) is 22.1. The molecule has 0 saturated heterocycles. The molecular formula is C23H22ClN3O3S. The summed E-state index contributed by atoms with van der Waals surface area (Å²) in [5.41, 5.74) is 1.80. The third-order valence-electron chi connectivity index (χ3n) is 5.12. The number of aromatic amines is 1. The summed E-state index contributed by atoms with van der Waals surface area (Å²) in [6, 6.07) is 5.57. The molecule has 160 valence electrons. The van der Waals surface area contributed by atoms with Crippen molar-refractivity contribution in [3.05, 3.63) is 49.3 Å². The zero-order valence-corrected chi connectivity index (χ0v) is 19.1. The molecule has 0 radical (unpaired) electrons. The number of aromatic nitrogens is 2. The van der Waals surface area contributed by atoms with E-state index in [9.17, 15) is 10.1 Å². The normalized spacial score (nSPS) is 13.9. The molecule has 0 fully saturated rings. The third-order valence-corrected chi connectivity index (χ3v) is 6.58. The number of halogens is 1. The lowest BCUT2D eigenvalue weighted by atomic mass is 9.97. The number of rotatable bonds is 5. The molecule has 0 bridgehead atoms. The molecule has 0 atom stereocenters. The molecular weight excluding hydrogens is 434 g/mol. The van der Waals surface area contributed by atoms with Gasteiger partial charge < -0.3 is 14.5 Å². The molecule has 0 unspecified atom stereocenters. The summed E-state index contributed by atoms with van der Waals surface area (Å²) in [6.07, 6.45) is 5.67. The van der Waals surface area contributed by atoms with Crippen LogP contribution in [0.4, 0.5) is 0 Å². The van der Waals surface area contributed by atoms with E-state index in [1.165, 1.54) is 12.0 Å². The molecule has 1 aliphatic carbocycles. The second kappa shape index (κ2) is 8.74. The van der Waals surface area contributed by atoms with E-state index in [0.717, 1.165) is 31.2 Å². The lowest BCUT2D eigenvalue weighted by molar-refractivity contribution is 0.230. The van der Waals surface area contributed by atoms with Crippen LogP contribution >= 0.6 is 22.9 Å². The first-order chi connectivity index (χ1) is 14.9. The number of ether oxygens (including phenoxy) is 2. The molecule has 0 spiro atoms. The van der Waals surface area contributed by atoms with Crippen LogP contribution in [0, 0.1) is 11.3 Å². The van der Waals surface area contributed by atoms with E-state index >= 15 is 0 Å². The first-order valence-corrected chi connectivity index (χ1v) is 11.3. The van der Waals surface area contributed by atoms with Gasteiger partial charge in [-0.15, -0.1) is 11.3 Å².